The molecule has 8 nitrogen and oxygen atoms in total. The number of aryl methyl sites for hydroxylation is 2. The molecule has 1 aliphatic heterocycles. The predicted molar refractivity (Wildman–Crippen MR) is 109 cm³/mol. The SMILES string of the molecule is Cc1ccccc1NC(=O)COC(=O)[C@@H]1CC(=O)N(NC(=O)c2ccccc2C)C1. The number of carbonyl (C=O) groups is 4. The van der Waals surface area contributed by atoms with E-state index in [1.165, 1.54) is 0 Å². The molecule has 1 aliphatic rings. The van der Waals surface area contributed by atoms with Gasteiger partial charge in [0.15, 0.2) is 6.61 Å². The van der Waals surface area contributed by atoms with Gasteiger partial charge in [0, 0.05) is 17.7 Å². The summed E-state index contributed by atoms with van der Waals surface area (Å²) in [5, 5.41) is 3.79. The minimum absolute atomic E-state index is 0.00526. The molecule has 2 aromatic carbocycles. The third-order valence-corrected chi connectivity index (χ3v) is 4.85. The quantitative estimate of drug-likeness (QED) is 0.710. The Balaban J connectivity index is 1.50. The molecule has 3 amide bonds. The van der Waals surface area contributed by atoms with E-state index in [1.54, 1.807) is 37.3 Å². The Hall–Kier alpha value is -3.68. The van der Waals surface area contributed by atoms with Crippen LogP contribution in [0.5, 0.6) is 0 Å². The molecule has 2 N–H and O–H groups in total. The van der Waals surface area contributed by atoms with Gasteiger partial charge in [-0.1, -0.05) is 36.4 Å². The van der Waals surface area contributed by atoms with Crippen LogP contribution in [-0.2, 0) is 19.1 Å². The van der Waals surface area contributed by atoms with Gasteiger partial charge in [-0.15, -0.1) is 0 Å². The first-order chi connectivity index (χ1) is 14.3. The highest BCUT2D eigenvalue weighted by atomic mass is 16.5. The standard InChI is InChI=1S/C22H23N3O5/c1-14-7-3-5-9-17(14)21(28)24-25-12-16(11-20(25)27)22(29)30-13-19(26)23-18-10-6-4-8-15(18)2/h3-10,16H,11-13H2,1-2H3,(H,23,26)(H,24,28)/t16-/m1/s1. The van der Waals surface area contributed by atoms with Gasteiger partial charge in [-0.3, -0.25) is 29.6 Å². The smallest absolute Gasteiger partial charge is 0.311 e. The summed E-state index contributed by atoms with van der Waals surface area (Å²) in [5.41, 5.74) is 5.28. The number of esters is 1. The molecule has 156 valence electrons. The van der Waals surface area contributed by atoms with Crippen LogP contribution in [0.3, 0.4) is 0 Å². The van der Waals surface area contributed by atoms with Crippen LogP contribution in [0.15, 0.2) is 48.5 Å². The molecule has 0 saturated carbocycles. The number of benzene rings is 2. The highest BCUT2D eigenvalue weighted by Gasteiger charge is 2.36. The van der Waals surface area contributed by atoms with Crippen LogP contribution in [0.4, 0.5) is 5.69 Å². The maximum absolute atomic E-state index is 12.4. The van der Waals surface area contributed by atoms with Crippen molar-refractivity contribution in [1.82, 2.24) is 10.4 Å². The first kappa shape index (κ1) is 21.0. The first-order valence-corrected chi connectivity index (χ1v) is 9.54. The van der Waals surface area contributed by atoms with Crippen LogP contribution in [0.25, 0.3) is 0 Å². The van der Waals surface area contributed by atoms with Gasteiger partial charge in [0.05, 0.1) is 12.5 Å². The average molecular weight is 409 g/mol. The number of rotatable bonds is 6. The van der Waals surface area contributed by atoms with E-state index >= 15 is 0 Å². The van der Waals surface area contributed by atoms with Crippen LogP contribution >= 0.6 is 0 Å². The van der Waals surface area contributed by atoms with Gasteiger partial charge in [0.25, 0.3) is 11.8 Å². The Morgan fingerprint density at radius 2 is 1.70 bits per heavy atom. The first-order valence-electron chi connectivity index (χ1n) is 9.54. The maximum atomic E-state index is 12.4. The average Bonchev–Trinajstić information content (AvgIpc) is 3.08. The molecule has 1 fully saturated rings. The van der Waals surface area contributed by atoms with E-state index in [0.717, 1.165) is 16.1 Å². The van der Waals surface area contributed by atoms with Crippen molar-refractivity contribution >= 4 is 29.4 Å². The molecule has 0 spiro atoms. The summed E-state index contributed by atoms with van der Waals surface area (Å²) in [6.07, 6.45) is -0.0910. The number of nitrogens with one attached hydrogen (secondary N) is 2. The summed E-state index contributed by atoms with van der Waals surface area (Å²) >= 11 is 0. The lowest BCUT2D eigenvalue weighted by Crippen LogP contribution is -2.43. The van der Waals surface area contributed by atoms with Crippen molar-refractivity contribution in [2.75, 3.05) is 18.5 Å². The fraction of sp³-hybridized carbons (Fsp3) is 0.273. The van der Waals surface area contributed by atoms with Gasteiger partial charge < -0.3 is 10.1 Å². The van der Waals surface area contributed by atoms with Gasteiger partial charge in [-0.2, -0.15) is 0 Å². The Kier molecular flexibility index (Phi) is 6.46. The zero-order valence-corrected chi connectivity index (χ0v) is 16.8. The van der Waals surface area contributed by atoms with Gasteiger partial charge >= 0.3 is 5.97 Å². The molecule has 1 heterocycles. The predicted octanol–water partition coefficient (Wildman–Crippen LogP) is 1.98. The van der Waals surface area contributed by atoms with Crippen molar-refractivity contribution in [2.45, 2.75) is 20.3 Å². The second kappa shape index (κ2) is 9.21. The van der Waals surface area contributed by atoms with Crippen LogP contribution in [0.1, 0.15) is 27.9 Å². The zero-order valence-electron chi connectivity index (χ0n) is 16.8. The van der Waals surface area contributed by atoms with Gasteiger partial charge in [-0.25, -0.2) is 0 Å². The van der Waals surface area contributed by atoms with E-state index in [1.807, 2.05) is 25.1 Å². The molecule has 8 heteroatoms. The minimum atomic E-state index is -0.749. The number of hydrazine groups is 1. The van der Waals surface area contributed by atoms with E-state index in [4.69, 9.17) is 4.74 Å². The fourth-order valence-electron chi connectivity index (χ4n) is 3.14. The normalized spacial score (nSPS) is 15.6. The minimum Gasteiger partial charge on any atom is -0.455 e. The highest BCUT2D eigenvalue weighted by Crippen LogP contribution is 2.19. The molecule has 1 saturated heterocycles. The monoisotopic (exact) mass is 409 g/mol. The van der Waals surface area contributed by atoms with Gasteiger partial charge in [0.1, 0.15) is 0 Å². The Labute approximate surface area is 174 Å². The second-order valence-electron chi connectivity index (χ2n) is 7.13. The summed E-state index contributed by atoms with van der Waals surface area (Å²) in [4.78, 5) is 48.9. The number of carbonyl (C=O) groups excluding carboxylic acids is 4. The lowest BCUT2D eigenvalue weighted by Gasteiger charge is -2.18. The van der Waals surface area contributed by atoms with Gasteiger partial charge in [0.2, 0.25) is 5.91 Å². The van der Waals surface area contributed by atoms with Crippen LogP contribution in [0.2, 0.25) is 0 Å². The number of para-hydroxylation sites is 1. The number of hydrogen-bond acceptors (Lipinski definition) is 5. The summed E-state index contributed by atoms with van der Waals surface area (Å²) < 4.78 is 5.06. The molecule has 0 unspecified atom stereocenters. The topological polar surface area (TPSA) is 105 Å². The van der Waals surface area contributed by atoms with E-state index in [2.05, 4.69) is 10.7 Å². The summed E-state index contributed by atoms with van der Waals surface area (Å²) in [5.74, 6) is -2.68. The number of ether oxygens (including phenoxy) is 1. The second-order valence-corrected chi connectivity index (χ2v) is 7.13. The lowest BCUT2D eigenvalue weighted by molar-refractivity contribution is -0.151. The van der Waals surface area contributed by atoms with Gasteiger partial charge in [-0.05, 0) is 37.1 Å². The van der Waals surface area contributed by atoms with Crippen molar-refractivity contribution in [2.24, 2.45) is 5.92 Å². The highest BCUT2D eigenvalue weighted by molar-refractivity contribution is 5.98. The fourth-order valence-corrected chi connectivity index (χ4v) is 3.14. The van der Waals surface area contributed by atoms with Crippen molar-refractivity contribution in [1.29, 1.82) is 0 Å². The Bertz CT molecular complexity index is 988. The summed E-state index contributed by atoms with van der Waals surface area (Å²) in [6, 6.07) is 14.2. The van der Waals surface area contributed by atoms with Crippen LogP contribution < -0.4 is 10.7 Å². The van der Waals surface area contributed by atoms with Crippen LogP contribution in [-0.4, -0.2) is 41.9 Å². The Morgan fingerprint density at radius 3 is 2.40 bits per heavy atom. The van der Waals surface area contributed by atoms with E-state index in [9.17, 15) is 19.2 Å². The van der Waals surface area contributed by atoms with E-state index < -0.39 is 30.3 Å². The molecule has 0 aliphatic carbocycles. The molecule has 0 aromatic heterocycles. The summed E-state index contributed by atoms with van der Waals surface area (Å²) in [6.45, 7) is 3.19. The molecule has 3 rings (SSSR count). The number of nitrogens with zero attached hydrogens (tertiary/aromatic N) is 1. The number of hydrogen-bond donors (Lipinski definition) is 2. The van der Waals surface area contributed by atoms with E-state index in [0.29, 0.717) is 11.3 Å². The third-order valence-electron chi connectivity index (χ3n) is 4.85. The third kappa shape index (κ3) is 5.02. The molecule has 0 bridgehead atoms. The van der Waals surface area contributed by atoms with Crippen molar-refractivity contribution in [3.05, 3.63) is 65.2 Å². The maximum Gasteiger partial charge on any atom is 0.311 e. The van der Waals surface area contributed by atoms with Crippen LogP contribution in [0, 0.1) is 19.8 Å². The number of amides is 3. The molecule has 30 heavy (non-hydrogen) atoms. The largest absolute Gasteiger partial charge is 0.455 e. The summed E-state index contributed by atoms with van der Waals surface area (Å²) in [7, 11) is 0. The molecule has 0 radical (unpaired) electrons. The lowest BCUT2D eigenvalue weighted by atomic mass is 10.1. The van der Waals surface area contributed by atoms with Crippen molar-refractivity contribution in [3.63, 3.8) is 0 Å². The van der Waals surface area contributed by atoms with E-state index in [-0.39, 0.29) is 18.9 Å². The Morgan fingerprint density at radius 1 is 1.03 bits per heavy atom. The van der Waals surface area contributed by atoms with Crippen molar-refractivity contribution in [3.8, 4) is 0 Å². The molecular weight excluding hydrogens is 386 g/mol. The molecule has 2 aromatic rings. The zero-order chi connectivity index (χ0) is 21.7. The molecular formula is C22H23N3O5. The molecule has 1 atom stereocenters. The van der Waals surface area contributed by atoms with Crippen molar-refractivity contribution < 1.29 is 23.9 Å². The number of anilines is 1.